The zero-order valence-corrected chi connectivity index (χ0v) is 14.5. The molecule has 1 aromatic carbocycles. The molecule has 1 aromatic heterocycles. The van der Waals surface area contributed by atoms with E-state index in [2.05, 4.69) is 5.32 Å². The minimum absolute atomic E-state index is 0. The molecular weight excluding hydrogens is 375 g/mol. The summed E-state index contributed by atoms with van der Waals surface area (Å²) >= 11 is 11.8. The molecule has 6 heteroatoms. The van der Waals surface area contributed by atoms with Crippen LogP contribution in [0.1, 0.15) is 12.0 Å². The van der Waals surface area contributed by atoms with Crippen LogP contribution in [-0.4, -0.2) is 5.91 Å². The van der Waals surface area contributed by atoms with E-state index >= 15 is 0 Å². The van der Waals surface area contributed by atoms with Crippen LogP contribution in [0.15, 0.2) is 42.7 Å². The van der Waals surface area contributed by atoms with Crippen molar-refractivity contribution in [2.24, 2.45) is 0 Å². The van der Waals surface area contributed by atoms with Crippen LogP contribution in [0.4, 0.5) is 5.69 Å². The predicted molar refractivity (Wildman–Crippen MR) is 81.1 cm³/mol. The highest BCUT2D eigenvalue weighted by atomic mass is 79.9. The van der Waals surface area contributed by atoms with Gasteiger partial charge >= 0.3 is 0 Å². The van der Waals surface area contributed by atoms with Gasteiger partial charge in [0.2, 0.25) is 5.91 Å². The number of carbonyl (C=O) groups excluding carboxylic acids is 1. The first-order valence-electron chi connectivity index (χ1n) is 6.24. The Labute approximate surface area is 144 Å². The van der Waals surface area contributed by atoms with Gasteiger partial charge in [-0.15, -0.1) is 0 Å². The lowest BCUT2D eigenvalue weighted by atomic mass is 10.3. The van der Waals surface area contributed by atoms with Crippen molar-refractivity contribution in [1.82, 2.24) is 0 Å². The SMILES string of the molecule is Cc1cc[n+](CCC(=O)Nc2cc(Cl)cc(Cl)c2)cc1.[Br-]. The lowest BCUT2D eigenvalue weighted by molar-refractivity contribution is -0.695. The lowest BCUT2D eigenvalue weighted by Crippen LogP contribution is -3.00. The summed E-state index contributed by atoms with van der Waals surface area (Å²) in [5.41, 5.74) is 1.81. The van der Waals surface area contributed by atoms with E-state index in [1.165, 1.54) is 5.56 Å². The van der Waals surface area contributed by atoms with Crippen LogP contribution in [0.2, 0.25) is 10.0 Å². The molecule has 0 saturated heterocycles. The molecule has 0 spiro atoms. The molecule has 1 amide bonds. The largest absolute Gasteiger partial charge is 1.00 e. The standard InChI is InChI=1S/C15H14Cl2N2O.BrH/c1-11-2-5-19(6-3-11)7-4-15(20)18-14-9-12(16)8-13(17)10-14;/h2-3,5-6,8-10H,4,7H2,1H3;1H. The number of pyridine rings is 1. The average Bonchev–Trinajstić information content (AvgIpc) is 2.37. The number of rotatable bonds is 4. The van der Waals surface area contributed by atoms with Gasteiger partial charge in [0.15, 0.2) is 18.9 Å². The van der Waals surface area contributed by atoms with E-state index in [1.54, 1.807) is 18.2 Å². The first kappa shape index (κ1) is 18.0. The highest BCUT2D eigenvalue weighted by Crippen LogP contribution is 2.22. The first-order valence-corrected chi connectivity index (χ1v) is 7.00. The molecule has 0 aliphatic carbocycles. The lowest BCUT2D eigenvalue weighted by Gasteiger charge is -2.05. The number of carbonyl (C=O) groups is 1. The third-order valence-electron chi connectivity index (χ3n) is 2.80. The molecular formula is C15H15BrCl2N2O. The van der Waals surface area contributed by atoms with Gasteiger partial charge in [0.1, 0.15) is 0 Å². The molecule has 1 heterocycles. The van der Waals surface area contributed by atoms with Gasteiger partial charge in [0.05, 0.1) is 6.42 Å². The van der Waals surface area contributed by atoms with Gasteiger partial charge in [-0.05, 0) is 30.7 Å². The zero-order valence-electron chi connectivity index (χ0n) is 11.4. The van der Waals surface area contributed by atoms with Crippen molar-refractivity contribution in [1.29, 1.82) is 0 Å². The number of anilines is 1. The van der Waals surface area contributed by atoms with Crippen LogP contribution in [0.25, 0.3) is 0 Å². The molecule has 0 atom stereocenters. The van der Waals surface area contributed by atoms with Crippen molar-refractivity contribution in [3.8, 4) is 0 Å². The van der Waals surface area contributed by atoms with E-state index in [9.17, 15) is 4.79 Å². The summed E-state index contributed by atoms with van der Waals surface area (Å²) in [5, 5.41) is 3.79. The van der Waals surface area contributed by atoms with Gasteiger partial charge in [-0.25, -0.2) is 4.57 Å². The van der Waals surface area contributed by atoms with Crippen molar-refractivity contribution in [3.63, 3.8) is 0 Å². The summed E-state index contributed by atoms with van der Waals surface area (Å²) in [5.74, 6) is -0.0728. The summed E-state index contributed by atoms with van der Waals surface area (Å²) in [6, 6.07) is 8.99. The van der Waals surface area contributed by atoms with Crippen LogP contribution < -0.4 is 26.9 Å². The Morgan fingerprint density at radius 2 is 1.71 bits per heavy atom. The number of aromatic nitrogens is 1. The van der Waals surface area contributed by atoms with Crippen molar-refractivity contribution in [2.75, 3.05) is 5.32 Å². The number of nitrogens with one attached hydrogen (secondary N) is 1. The Morgan fingerprint density at radius 1 is 1.14 bits per heavy atom. The number of benzene rings is 1. The Balaban J connectivity index is 0.00000220. The molecule has 0 bridgehead atoms. The smallest absolute Gasteiger partial charge is 0.230 e. The maximum absolute atomic E-state index is 11.9. The van der Waals surface area contributed by atoms with Crippen molar-refractivity contribution in [2.45, 2.75) is 19.9 Å². The van der Waals surface area contributed by atoms with Gasteiger partial charge in [0, 0.05) is 27.9 Å². The minimum Gasteiger partial charge on any atom is -1.00 e. The number of aryl methyl sites for hydroxylation is 2. The molecule has 2 rings (SSSR count). The van der Waals surface area contributed by atoms with Crippen molar-refractivity contribution >= 4 is 34.8 Å². The molecule has 0 radical (unpaired) electrons. The molecule has 3 nitrogen and oxygen atoms in total. The zero-order chi connectivity index (χ0) is 14.5. The highest BCUT2D eigenvalue weighted by molar-refractivity contribution is 6.35. The van der Waals surface area contributed by atoms with Crippen molar-refractivity contribution < 1.29 is 26.3 Å². The molecule has 0 unspecified atom stereocenters. The van der Waals surface area contributed by atoms with E-state index in [1.807, 2.05) is 36.0 Å². The van der Waals surface area contributed by atoms with Gasteiger partial charge in [-0.2, -0.15) is 0 Å². The third kappa shape index (κ3) is 6.04. The average molecular weight is 390 g/mol. The van der Waals surface area contributed by atoms with E-state index in [0.717, 1.165) is 0 Å². The number of hydrogen-bond acceptors (Lipinski definition) is 1. The Hall–Kier alpha value is -1.10. The van der Waals surface area contributed by atoms with E-state index in [4.69, 9.17) is 23.2 Å². The number of hydrogen-bond donors (Lipinski definition) is 1. The summed E-state index contributed by atoms with van der Waals surface area (Å²) in [6.07, 6.45) is 4.30. The summed E-state index contributed by atoms with van der Waals surface area (Å²) in [4.78, 5) is 11.9. The quantitative estimate of drug-likeness (QED) is 0.764. The predicted octanol–water partition coefficient (Wildman–Crippen LogP) is 0.622. The molecule has 0 fully saturated rings. The Bertz CT molecular complexity index is 597. The second-order valence-corrected chi connectivity index (χ2v) is 5.44. The Morgan fingerprint density at radius 3 is 2.29 bits per heavy atom. The molecule has 0 saturated carbocycles. The normalized spacial score (nSPS) is 9.86. The molecule has 1 N–H and O–H groups in total. The van der Waals surface area contributed by atoms with Gasteiger partial charge < -0.3 is 22.3 Å². The van der Waals surface area contributed by atoms with E-state index < -0.39 is 0 Å². The molecule has 0 aliphatic rings. The fourth-order valence-corrected chi connectivity index (χ4v) is 2.29. The Kier molecular flexibility index (Phi) is 7.15. The number of nitrogens with zero attached hydrogens (tertiary/aromatic N) is 1. The van der Waals surface area contributed by atoms with Crippen LogP contribution in [-0.2, 0) is 11.3 Å². The second-order valence-electron chi connectivity index (χ2n) is 4.57. The number of halogens is 3. The monoisotopic (exact) mass is 388 g/mol. The van der Waals surface area contributed by atoms with Gasteiger partial charge in [-0.1, -0.05) is 23.2 Å². The highest BCUT2D eigenvalue weighted by Gasteiger charge is 2.08. The fraction of sp³-hybridized carbons (Fsp3) is 0.200. The minimum atomic E-state index is -0.0728. The van der Waals surface area contributed by atoms with Crippen LogP contribution in [0.3, 0.4) is 0 Å². The van der Waals surface area contributed by atoms with Crippen LogP contribution in [0.5, 0.6) is 0 Å². The summed E-state index contributed by atoms with van der Waals surface area (Å²) in [6.45, 7) is 2.65. The third-order valence-corrected chi connectivity index (χ3v) is 3.24. The maximum Gasteiger partial charge on any atom is 0.230 e. The first-order chi connectivity index (χ1) is 9.52. The van der Waals surface area contributed by atoms with E-state index in [0.29, 0.717) is 28.7 Å². The molecule has 112 valence electrons. The van der Waals surface area contributed by atoms with E-state index in [-0.39, 0.29) is 22.9 Å². The maximum atomic E-state index is 11.9. The molecule has 2 aromatic rings. The second kappa shape index (κ2) is 8.37. The molecule has 21 heavy (non-hydrogen) atoms. The molecule has 0 aliphatic heterocycles. The van der Waals surface area contributed by atoms with Crippen LogP contribution >= 0.6 is 23.2 Å². The van der Waals surface area contributed by atoms with Crippen LogP contribution in [0, 0.1) is 6.92 Å². The summed E-state index contributed by atoms with van der Waals surface area (Å²) < 4.78 is 1.97. The van der Waals surface area contributed by atoms with Crippen molar-refractivity contribution in [3.05, 3.63) is 58.3 Å². The topological polar surface area (TPSA) is 33.0 Å². The van der Waals surface area contributed by atoms with Gasteiger partial charge in [-0.3, -0.25) is 4.79 Å². The fourth-order valence-electron chi connectivity index (χ4n) is 1.76. The summed E-state index contributed by atoms with van der Waals surface area (Å²) in [7, 11) is 0. The van der Waals surface area contributed by atoms with Gasteiger partial charge in [0.25, 0.3) is 0 Å². The number of amides is 1.